The number of Topliss-reactive ketones (excluding diaryl/α,β-unsaturated/α-hetero) is 2. The first-order valence-electron chi connectivity index (χ1n) is 10.4. The van der Waals surface area contributed by atoms with E-state index in [2.05, 4.69) is 5.32 Å². The lowest BCUT2D eigenvalue weighted by molar-refractivity contribution is -0.139. The van der Waals surface area contributed by atoms with Crippen LogP contribution in [0.4, 0.5) is 0 Å². The molecule has 0 aliphatic rings. The van der Waals surface area contributed by atoms with Crippen molar-refractivity contribution in [2.75, 3.05) is 6.54 Å². The van der Waals surface area contributed by atoms with E-state index >= 15 is 0 Å². The largest absolute Gasteiger partial charge is 0.347 e. The van der Waals surface area contributed by atoms with Gasteiger partial charge in [-0.2, -0.15) is 0 Å². The first-order chi connectivity index (χ1) is 15.3. The second kappa shape index (κ2) is 10.1. The molecule has 8 nitrogen and oxygen atoms in total. The number of carbonyl (C=O) groups excluding carboxylic acids is 4. The molecule has 2 rings (SSSR count). The minimum absolute atomic E-state index is 0.0834. The van der Waals surface area contributed by atoms with Crippen molar-refractivity contribution in [1.29, 1.82) is 0 Å². The third-order valence-corrected chi connectivity index (χ3v) is 6.16. The molecule has 0 fully saturated rings. The predicted octanol–water partition coefficient (Wildman–Crippen LogP) is 2.84. The van der Waals surface area contributed by atoms with E-state index in [0.717, 1.165) is 0 Å². The minimum Gasteiger partial charge on any atom is -0.347 e. The summed E-state index contributed by atoms with van der Waals surface area (Å²) < 4.78 is 26.6. The molecule has 0 saturated carbocycles. The Morgan fingerprint density at radius 3 is 1.91 bits per heavy atom. The summed E-state index contributed by atoms with van der Waals surface area (Å²) in [5.41, 5.74) is -0.968. The van der Waals surface area contributed by atoms with Crippen LogP contribution in [0.5, 0.6) is 0 Å². The van der Waals surface area contributed by atoms with Crippen LogP contribution in [0.15, 0.2) is 59.5 Å². The van der Waals surface area contributed by atoms with Crippen molar-refractivity contribution in [3.63, 3.8) is 0 Å². The summed E-state index contributed by atoms with van der Waals surface area (Å²) in [6.45, 7) is 8.33. The summed E-state index contributed by atoms with van der Waals surface area (Å²) in [5.74, 6) is -5.16. The number of hydrogen-bond acceptors (Lipinski definition) is 6. The number of hydrogen-bond donors (Lipinski definition) is 1. The van der Waals surface area contributed by atoms with Crippen LogP contribution in [0.1, 0.15) is 55.3 Å². The van der Waals surface area contributed by atoms with Crippen LogP contribution >= 0.6 is 0 Å². The summed E-state index contributed by atoms with van der Waals surface area (Å²) in [5, 5.41) is 2.70. The quantitative estimate of drug-likeness (QED) is 0.359. The van der Waals surface area contributed by atoms with Gasteiger partial charge in [0.2, 0.25) is 5.78 Å². The fraction of sp³-hybridized carbons (Fsp3) is 0.333. The summed E-state index contributed by atoms with van der Waals surface area (Å²) in [7, 11) is -4.38. The molecule has 0 aliphatic carbocycles. The molecule has 176 valence electrons. The number of ketones is 2. The highest BCUT2D eigenvalue weighted by Gasteiger charge is 2.38. The first-order valence-corrected chi connectivity index (χ1v) is 11.8. The lowest BCUT2D eigenvalue weighted by atomic mass is 9.98. The average Bonchev–Trinajstić information content (AvgIpc) is 2.75. The lowest BCUT2D eigenvalue weighted by Crippen LogP contribution is -2.46. The molecule has 0 bridgehead atoms. The van der Waals surface area contributed by atoms with Gasteiger partial charge in [0, 0.05) is 17.6 Å². The van der Waals surface area contributed by atoms with Crippen LogP contribution in [0.25, 0.3) is 0 Å². The Morgan fingerprint density at radius 1 is 0.879 bits per heavy atom. The van der Waals surface area contributed by atoms with Crippen molar-refractivity contribution in [1.82, 2.24) is 9.62 Å². The Kier molecular flexibility index (Phi) is 7.92. The van der Waals surface area contributed by atoms with E-state index in [0.29, 0.717) is 4.31 Å². The molecular weight excluding hydrogens is 444 g/mol. The highest BCUT2D eigenvalue weighted by atomic mass is 32.2. The zero-order chi connectivity index (χ0) is 25.0. The number of sulfonamides is 1. The Morgan fingerprint density at radius 2 is 1.39 bits per heavy atom. The number of carbonyl (C=O) groups is 4. The molecule has 0 saturated heterocycles. The zero-order valence-electron chi connectivity index (χ0n) is 19.3. The van der Waals surface area contributed by atoms with Crippen LogP contribution in [-0.2, 0) is 19.6 Å². The van der Waals surface area contributed by atoms with Gasteiger partial charge in [0.05, 0.1) is 10.5 Å². The normalized spacial score (nSPS) is 11.7. The zero-order valence-corrected chi connectivity index (χ0v) is 20.1. The van der Waals surface area contributed by atoms with E-state index in [1.165, 1.54) is 48.5 Å². The standard InChI is InChI=1S/C24H28N2O6S/c1-16(2)15-26(33(31,32)17-11-7-6-8-12-17)23(30)21(28)20(27)18-13-9-10-14-19(18)22(29)25-24(3,4)5/h6-14,16H,15H2,1-5H3,(H,25,29). The third kappa shape index (κ3) is 6.35. The van der Waals surface area contributed by atoms with Crippen LogP contribution < -0.4 is 5.32 Å². The fourth-order valence-corrected chi connectivity index (χ4v) is 4.51. The molecule has 0 spiro atoms. The van der Waals surface area contributed by atoms with E-state index in [1.807, 2.05) is 0 Å². The first kappa shape index (κ1) is 25.9. The molecule has 0 unspecified atom stereocenters. The maximum atomic E-state index is 13.1. The van der Waals surface area contributed by atoms with E-state index < -0.39 is 38.9 Å². The Hall–Kier alpha value is -3.33. The molecule has 2 amide bonds. The molecular formula is C24H28N2O6S. The van der Waals surface area contributed by atoms with Gasteiger partial charge in [-0.25, -0.2) is 12.7 Å². The molecule has 0 aromatic heterocycles. The van der Waals surface area contributed by atoms with Gasteiger partial charge in [0.25, 0.3) is 21.7 Å². The molecule has 2 aromatic carbocycles. The van der Waals surface area contributed by atoms with E-state index in [4.69, 9.17) is 0 Å². The second-order valence-corrected chi connectivity index (χ2v) is 10.8. The van der Waals surface area contributed by atoms with Gasteiger partial charge in [0.1, 0.15) is 0 Å². The second-order valence-electron chi connectivity index (χ2n) is 8.96. The van der Waals surface area contributed by atoms with Crippen LogP contribution in [-0.4, -0.2) is 48.2 Å². The summed E-state index contributed by atoms with van der Waals surface area (Å²) in [6, 6.07) is 12.8. The van der Waals surface area contributed by atoms with Gasteiger partial charge in [0.15, 0.2) is 0 Å². The predicted molar refractivity (Wildman–Crippen MR) is 123 cm³/mol. The van der Waals surface area contributed by atoms with Crippen LogP contribution in [0, 0.1) is 5.92 Å². The maximum Gasteiger partial charge on any atom is 0.312 e. The number of nitrogens with zero attached hydrogens (tertiary/aromatic N) is 1. The van der Waals surface area contributed by atoms with Crippen LogP contribution in [0.3, 0.4) is 0 Å². The van der Waals surface area contributed by atoms with Crippen molar-refractivity contribution >= 4 is 33.4 Å². The molecule has 0 heterocycles. The summed E-state index contributed by atoms with van der Waals surface area (Å²) >= 11 is 0. The number of amides is 2. The fourth-order valence-electron chi connectivity index (χ4n) is 2.96. The minimum atomic E-state index is -4.38. The SMILES string of the molecule is CC(C)CN(C(=O)C(=O)C(=O)c1ccccc1C(=O)NC(C)(C)C)S(=O)(=O)c1ccccc1. The highest BCUT2D eigenvalue weighted by Crippen LogP contribution is 2.19. The number of nitrogens with one attached hydrogen (secondary N) is 1. The highest BCUT2D eigenvalue weighted by molar-refractivity contribution is 7.89. The van der Waals surface area contributed by atoms with E-state index in [1.54, 1.807) is 40.7 Å². The van der Waals surface area contributed by atoms with Crippen molar-refractivity contribution in [3.8, 4) is 0 Å². The lowest BCUT2D eigenvalue weighted by Gasteiger charge is -2.23. The molecule has 2 aromatic rings. The third-order valence-electron chi connectivity index (χ3n) is 4.39. The van der Waals surface area contributed by atoms with Crippen molar-refractivity contribution < 1.29 is 27.6 Å². The Balaban J connectivity index is 2.44. The maximum absolute atomic E-state index is 13.1. The van der Waals surface area contributed by atoms with Crippen molar-refractivity contribution in [2.24, 2.45) is 5.92 Å². The van der Waals surface area contributed by atoms with Gasteiger partial charge in [-0.05, 0) is 44.9 Å². The van der Waals surface area contributed by atoms with Crippen molar-refractivity contribution in [2.45, 2.75) is 45.1 Å². The average molecular weight is 473 g/mol. The van der Waals surface area contributed by atoms with Gasteiger partial charge in [-0.3, -0.25) is 19.2 Å². The van der Waals surface area contributed by atoms with Gasteiger partial charge >= 0.3 is 5.91 Å². The molecule has 0 aliphatic heterocycles. The monoisotopic (exact) mass is 472 g/mol. The van der Waals surface area contributed by atoms with E-state index in [-0.39, 0.29) is 28.5 Å². The Labute approximate surface area is 194 Å². The molecule has 1 N–H and O–H groups in total. The summed E-state index contributed by atoms with van der Waals surface area (Å²) in [4.78, 5) is 51.3. The van der Waals surface area contributed by atoms with Crippen LogP contribution in [0.2, 0.25) is 0 Å². The molecule has 9 heteroatoms. The smallest absolute Gasteiger partial charge is 0.312 e. The Bertz CT molecular complexity index is 1160. The van der Waals surface area contributed by atoms with E-state index in [9.17, 15) is 27.6 Å². The van der Waals surface area contributed by atoms with Gasteiger partial charge < -0.3 is 5.32 Å². The molecule has 0 radical (unpaired) electrons. The van der Waals surface area contributed by atoms with Crippen molar-refractivity contribution in [3.05, 3.63) is 65.7 Å². The molecule has 33 heavy (non-hydrogen) atoms. The topological polar surface area (TPSA) is 118 Å². The summed E-state index contributed by atoms with van der Waals surface area (Å²) in [6.07, 6.45) is 0. The molecule has 0 atom stereocenters. The number of rotatable bonds is 8. The van der Waals surface area contributed by atoms with Gasteiger partial charge in [-0.15, -0.1) is 0 Å². The van der Waals surface area contributed by atoms with Gasteiger partial charge in [-0.1, -0.05) is 50.2 Å². The number of benzene rings is 2.